The number of carboxylic acid groups (broad SMARTS) is 1. The van der Waals surface area contributed by atoms with E-state index < -0.39 is 11.4 Å². The summed E-state index contributed by atoms with van der Waals surface area (Å²) in [7, 11) is 0. The molecule has 1 fully saturated rings. The lowest BCUT2D eigenvalue weighted by atomic mass is 9.64. The summed E-state index contributed by atoms with van der Waals surface area (Å²) in [5.74, 6) is -0.669. The van der Waals surface area contributed by atoms with Crippen LogP contribution in [0.3, 0.4) is 0 Å². The number of carbonyl (C=O) groups is 1. The Bertz CT molecular complexity index is 361. The van der Waals surface area contributed by atoms with E-state index in [1.165, 1.54) is 5.56 Å². The van der Waals surface area contributed by atoms with Crippen molar-refractivity contribution >= 4 is 5.97 Å². The minimum absolute atomic E-state index is 0.577. The minimum Gasteiger partial charge on any atom is -0.481 e. The van der Waals surface area contributed by atoms with Crippen molar-refractivity contribution in [2.45, 2.75) is 38.0 Å². The van der Waals surface area contributed by atoms with Gasteiger partial charge in [0.15, 0.2) is 0 Å². The number of rotatable bonds is 3. The third kappa shape index (κ3) is 1.54. The second kappa shape index (κ2) is 3.69. The highest BCUT2D eigenvalue weighted by Crippen LogP contribution is 2.43. The summed E-state index contributed by atoms with van der Waals surface area (Å²) in [5.41, 5.74) is 1.66. The van der Waals surface area contributed by atoms with E-state index in [0.29, 0.717) is 0 Å². The maximum absolute atomic E-state index is 11.3. The predicted octanol–water partition coefficient (Wildman–Crippen LogP) is 2.76. The van der Waals surface area contributed by atoms with Gasteiger partial charge in [-0.1, -0.05) is 37.6 Å². The van der Waals surface area contributed by atoms with Gasteiger partial charge in [-0.15, -0.1) is 0 Å². The van der Waals surface area contributed by atoms with E-state index in [2.05, 4.69) is 6.92 Å². The Morgan fingerprint density at radius 3 is 2.27 bits per heavy atom. The quantitative estimate of drug-likeness (QED) is 0.822. The predicted molar refractivity (Wildman–Crippen MR) is 59.0 cm³/mol. The maximum atomic E-state index is 11.3. The molecular formula is C13H16O2. The first-order valence-corrected chi connectivity index (χ1v) is 5.52. The van der Waals surface area contributed by atoms with Gasteiger partial charge < -0.3 is 5.11 Å². The van der Waals surface area contributed by atoms with Crippen LogP contribution in [0.5, 0.6) is 0 Å². The Hall–Kier alpha value is -1.31. The molecule has 2 heteroatoms. The normalized spacial score (nSPS) is 18.2. The molecule has 1 aromatic rings. The molecule has 0 saturated heterocycles. The molecule has 1 aliphatic carbocycles. The van der Waals surface area contributed by atoms with Crippen molar-refractivity contribution in [3.63, 3.8) is 0 Å². The van der Waals surface area contributed by atoms with Crippen LogP contribution >= 0.6 is 0 Å². The minimum atomic E-state index is -0.669. The Labute approximate surface area is 89.9 Å². The van der Waals surface area contributed by atoms with Crippen molar-refractivity contribution in [2.75, 3.05) is 0 Å². The molecule has 0 spiro atoms. The summed E-state index contributed by atoms with van der Waals surface area (Å²) in [6, 6.07) is 8.04. The molecule has 15 heavy (non-hydrogen) atoms. The fraction of sp³-hybridized carbons (Fsp3) is 0.462. The Morgan fingerprint density at radius 2 is 1.93 bits per heavy atom. The number of aryl methyl sites for hydroxylation is 1. The molecule has 1 N–H and O–H groups in total. The van der Waals surface area contributed by atoms with Crippen molar-refractivity contribution in [2.24, 2.45) is 0 Å². The Kier molecular flexibility index (Phi) is 2.51. The average molecular weight is 204 g/mol. The third-order valence-electron chi connectivity index (χ3n) is 3.53. The highest BCUT2D eigenvalue weighted by atomic mass is 16.4. The molecule has 0 amide bonds. The van der Waals surface area contributed by atoms with E-state index in [4.69, 9.17) is 0 Å². The molecule has 0 atom stereocenters. The summed E-state index contributed by atoms with van der Waals surface area (Å²) in [6.07, 6.45) is 3.60. The lowest BCUT2D eigenvalue weighted by Crippen LogP contribution is -2.42. The van der Waals surface area contributed by atoms with Crippen LogP contribution < -0.4 is 0 Å². The fourth-order valence-corrected chi connectivity index (χ4v) is 2.22. The van der Waals surface area contributed by atoms with E-state index in [0.717, 1.165) is 31.2 Å². The summed E-state index contributed by atoms with van der Waals surface area (Å²) < 4.78 is 0. The van der Waals surface area contributed by atoms with Crippen LogP contribution in [0.2, 0.25) is 0 Å². The topological polar surface area (TPSA) is 37.3 Å². The van der Waals surface area contributed by atoms with Crippen LogP contribution in [0, 0.1) is 0 Å². The zero-order chi connectivity index (χ0) is 10.9. The molecule has 0 radical (unpaired) electrons. The SMILES string of the molecule is CCc1ccc(C2(C(=O)O)CCC2)cc1. The van der Waals surface area contributed by atoms with Gasteiger partial charge in [0.05, 0.1) is 5.41 Å². The summed E-state index contributed by atoms with van der Waals surface area (Å²) in [5, 5.41) is 9.26. The van der Waals surface area contributed by atoms with Crippen molar-refractivity contribution in [3.8, 4) is 0 Å². The van der Waals surface area contributed by atoms with Crippen molar-refractivity contribution in [1.82, 2.24) is 0 Å². The van der Waals surface area contributed by atoms with Crippen LogP contribution in [0.4, 0.5) is 0 Å². The van der Waals surface area contributed by atoms with E-state index in [1.54, 1.807) is 0 Å². The summed E-state index contributed by atoms with van der Waals surface area (Å²) >= 11 is 0. The number of benzene rings is 1. The number of carboxylic acids is 1. The van der Waals surface area contributed by atoms with Crippen LogP contribution in [0.1, 0.15) is 37.3 Å². The lowest BCUT2D eigenvalue weighted by Gasteiger charge is -2.38. The summed E-state index contributed by atoms with van der Waals surface area (Å²) in [4.78, 5) is 11.3. The highest BCUT2D eigenvalue weighted by Gasteiger charge is 2.45. The van der Waals surface area contributed by atoms with Crippen molar-refractivity contribution in [1.29, 1.82) is 0 Å². The van der Waals surface area contributed by atoms with Gasteiger partial charge in [0.25, 0.3) is 0 Å². The number of aliphatic carboxylic acids is 1. The van der Waals surface area contributed by atoms with Gasteiger partial charge in [-0.3, -0.25) is 4.79 Å². The first-order chi connectivity index (χ1) is 7.19. The fourth-order valence-electron chi connectivity index (χ4n) is 2.22. The smallest absolute Gasteiger partial charge is 0.314 e. The number of hydrogen-bond donors (Lipinski definition) is 1. The molecule has 1 aromatic carbocycles. The molecule has 2 nitrogen and oxygen atoms in total. The molecule has 80 valence electrons. The molecule has 0 heterocycles. The van der Waals surface area contributed by atoms with E-state index in [9.17, 15) is 9.90 Å². The molecule has 0 aliphatic heterocycles. The highest BCUT2D eigenvalue weighted by molar-refractivity contribution is 5.82. The maximum Gasteiger partial charge on any atom is 0.314 e. The number of hydrogen-bond acceptors (Lipinski definition) is 1. The Morgan fingerprint density at radius 1 is 1.33 bits per heavy atom. The third-order valence-corrected chi connectivity index (χ3v) is 3.53. The molecule has 2 rings (SSSR count). The van der Waals surface area contributed by atoms with Gasteiger partial charge in [-0.2, -0.15) is 0 Å². The van der Waals surface area contributed by atoms with Crippen LogP contribution in [0.25, 0.3) is 0 Å². The first kappa shape index (κ1) is 10.2. The van der Waals surface area contributed by atoms with Crippen LogP contribution in [-0.2, 0) is 16.6 Å². The van der Waals surface area contributed by atoms with Crippen LogP contribution in [-0.4, -0.2) is 11.1 Å². The second-order valence-electron chi connectivity index (χ2n) is 4.29. The zero-order valence-electron chi connectivity index (χ0n) is 8.99. The molecule has 1 saturated carbocycles. The largest absolute Gasteiger partial charge is 0.481 e. The lowest BCUT2D eigenvalue weighted by molar-refractivity contribution is -0.147. The second-order valence-corrected chi connectivity index (χ2v) is 4.29. The molecule has 0 unspecified atom stereocenters. The van der Waals surface area contributed by atoms with Crippen LogP contribution in [0.15, 0.2) is 24.3 Å². The van der Waals surface area contributed by atoms with Gasteiger partial charge in [0.1, 0.15) is 0 Å². The monoisotopic (exact) mass is 204 g/mol. The van der Waals surface area contributed by atoms with E-state index in [1.807, 2.05) is 24.3 Å². The van der Waals surface area contributed by atoms with E-state index in [-0.39, 0.29) is 0 Å². The van der Waals surface area contributed by atoms with Gasteiger partial charge in [-0.25, -0.2) is 0 Å². The molecule has 1 aliphatic rings. The summed E-state index contributed by atoms with van der Waals surface area (Å²) in [6.45, 7) is 2.10. The van der Waals surface area contributed by atoms with Gasteiger partial charge in [0.2, 0.25) is 0 Å². The molecule has 0 bridgehead atoms. The van der Waals surface area contributed by atoms with Crippen molar-refractivity contribution < 1.29 is 9.90 Å². The molecular weight excluding hydrogens is 188 g/mol. The van der Waals surface area contributed by atoms with Crippen molar-refractivity contribution in [3.05, 3.63) is 35.4 Å². The van der Waals surface area contributed by atoms with Gasteiger partial charge in [0, 0.05) is 0 Å². The molecule has 0 aromatic heterocycles. The Balaban J connectivity index is 2.31. The standard InChI is InChI=1S/C13H16O2/c1-2-10-4-6-11(7-5-10)13(12(14)15)8-3-9-13/h4-7H,2-3,8-9H2,1H3,(H,14,15). The van der Waals surface area contributed by atoms with Gasteiger partial charge >= 0.3 is 5.97 Å². The van der Waals surface area contributed by atoms with E-state index >= 15 is 0 Å². The van der Waals surface area contributed by atoms with Gasteiger partial charge in [-0.05, 0) is 30.4 Å². The first-order valence-electron chi connectivity index (χ1n) is 5.52. The zero-order valence-corrected chi connectivity index (χ0v) is 8.99. The average Bonchev–Trinajstić information content (AvgIpc) is 2.16.